The van der Waals surface area contributed by atoms with E-state index in [0.717, 1.165) is 17.8 Å². The topological polar surface area (TPSA) is 114 Å². The summed E-state index contributed by atoms with van der Waals surface area (Å²) < 4.78 is 5.12. The van der Waals surface area contributed by atoms with Crippen molar-refractivity contribution in [2.75, 3.05) is 23.6 Å². The van der Waals surface area contributed by atoms with Gasteiger partial charge in [0.05, 0.1) is 7.11 Å². The van der Waals surface area contributed by atoms with Crippen LogP contribution in [0.15, 0.2) is 30.6 Å². The Labute approximate surface area is 176 Å². The van der Waals surface area contributed by atoms with Gasteiger partial charge in [-0.15, -0.1) is 0 Å². The van der Waals surface area contributed by atoms with E-state index in [4.69, 9.17) is 10.5 Å². The van der Waals surface area contributed by atoms with E-state index in [1.54, 1.807) is 31.4 Å². The van der Waals surface area contributed by atoms with Crippen LogP contribution in [0.5, 0.6) is 5.75 Å². The lowest BCUT2D eigenvalue weighted by molar-refractivity contribution is 0.0106. The number of ether oxygens (including phenoxy) is 1. The largest absolute Gasteiger partial charge is 0.497 e. The fourth-order valence-electron chi connectivity index (χ4n) is 6.04. The summed E-state index contributed by atoms with van der Waals surface area (Å²) in [6.45, 7) is 0. The van der Waals surface area contributed by atoms with Crippen LogP contribution in [-0.2, 0) is 0 Å². The van der Waals surface area contributed by atoms with Gasteiger partial charge < -0.3 is 15.8 Å². The number of rotatable bonds is 6. The highest BCUT2D eigenvalue weighted by Crippen LogP contribution is 2.56. The highest BCUT2D eigenvalue weighted by Gasteiger charge is 2.51. The van der Waals surface area contributed by atoms with E-state index in [1.807, 2.05) is 0 Å². The second kappa shape index (κ2) is 7.34. The molecule has 4 bridgehead atoms. The second-order valence-corrected chi connectivity index (χ2v) is 9.12. The molecule has 4 aliphatic carbocycles. The molecule has 1 amide bonds. The van der Waals surface area contributed by atoms with Crippen molar-refractivity contribution in [3.05, 3.63) is 36.2 Å². The molecule has 8 nitrogen and oxygen atoms in total. The average Bonchev–Trinajstić information content (AvgIpc) is 2.73. The average molecular weight is 409 g/mol. The number of amides is 1. The number of carbonyl (C=O) groups excluding carboxylic acids is 1. The standard InChI is InChI=1S/C22H28N6O2/c1-30-17-4-2-16(3-5-17)21(29)28-27-20-18(23)19(24-12-25-20)26-22-9-13-6-14(10-22)8-15(7-13)11-22/h2-5,12-15H,6-11,23H2,1H3,(H,28,29)(H2,24,25,26,27). The Kier molecular flexibility index (Phi) is 4.64. The molecule has 0 radical (unpaired) electrons. The van der Waals surface area contributed by atoms with Gasteiger partial charge in [0, 0.05) is 11.1 Å². The van der Waals surface area contributed by atoms with Crippen molar-refractivity contribution in [1.82, 2.24) is 15.4 Å². The molecule has 4 aliphatic rings. The molecule has 4 saturated carbocycles. The molecule has 1 aromatic carbocycles. The van der Waals surface area contributed by atoms with Crippen LogP contribution >= 0.6 is 0 Å². The first-order valence-corrected chi connectivity index (χ1v) is 10.6. The molecule has 5 N–H and O–H groups in total. The van der Waals surface area contributed by atoms with E-state index in [9.17, 15) is 4.79 Å². The molecule has 30 heavy (non-hydrogen) atoms. The Hall–Kier alpha value is -3.03. The fourth-order valence-corrected chi connectivity index (χ4v) is 6.04. The van der Waals surface area contributed by atoms with Gasteiger partial charge in [-0.3, -0.25) is 15.6 Å². The Bertz CT molecular complexity index is 910. The maximum absolute atomic E-state index is 12.4. The van der Waals surface area contributed by atoms with Gasteiger partial charge in [-0.05, 0) is 80.5 Å². The smallest absolute Gasteiger partial charge is 0.269 e. The predicted molar refractivity (Wildman–Crippen MR) is 115 cm³/mol. The number of hydrogen-bond donors (Lipinski definition) is 4. The van der Waals surface area contributed by atoms with Crippen molar-refractivity contribution in [2.45, 2.75) is 44.1 Å². The maximum atomic E-state index is 12.4. The van der Waals surface area contributed by atoms with Crippen molar-refractivity contribution in [1.29, 1.82) is 0 Å². The maximum Gasteiger partial charge on any atom is 0.269 e. The summed E-state index contributed by atoms with van der Waals surface area (Å²) in [4.78, 5) is 21.0. The fraction of sp³-hybridized carbons (Fsp3) is 0.500. The number of aromatic nitrogens is 2. The number of nitrogens with two attached hydrogens (primary N) is 1. The van der Waals surface area contributed by atoms with Gasteiger partial charge in [0.1, 0.15) is 17.8 Å². The van der Waals surface area contributed by atoms with Crippen molar-refractivity contribution in [3.63, 3.8) is 0 Å². The van der Waals surface area contributed by atoms with Gasteiger partial charge in [-0.2, -0.15) is 0 Å². The number of nitrogen functional groups attached to an aromatic ring is 1. The third kappa shape index (κ3) is 3.51. The van der Waals surface area contributed by atoms with E-state index in [-0.39, 0.29) is 11.4 Å². The summed E-state index contributed by atoms with van der Waals surface area (Å²) in [5, 5.41) is 3.68. The lowest BCUT2D eigenvalue weighted by atomic mass is 9.53. The van der Waals surface area contributed by atoms with Crippen LogP contribution in [0.3, 0.4) is 0 Å². The van der Waals surface area contributed by atoms with Gasteiger partial charge in [0.25, 0.3) is 5.91 Å². The second-order valence-electron chi connectivity index (χ2n) is 9.12. The van der Waals surface area contributed by atoms with E-state index < -0.39 is 0 Å². The van der Waals surface area contributed by atoms with Gasteiger partial charge in [0.2, 0.25) is 0 Å². The number of benzene rings is 1. The summed E-state index contributed by atoms with van der Waals surface area (Å²) in [6, 6.07) is 6.86. The third-order valence-electron chi connectivity index (χ3n) is 6.95. The highest BCUT2D eigenvalue weighted by atomic mass is 16.5. The first kappa shape index (κ1) is 19.0. The number of hydrazine groups is 1. The quantitative estimate of drug-likeness (QED) is 0.543. The Morgan fingerprint density at radius 2 is 1.63 bits per heavy atom. The Morgan fingerprint density at radius 1 is 1.03 bits per heavy atom. The van der Waals surface area contributed by atoms with Gasteiger partial charge in [-0.25, -0.2) is 9.97 Å². The van der Waals surface area contributed by atoms with Crippen LogP contribution in [0.1, 0.15) is 48.9 Å². The lowest BCUT2D eigenvalue weighted by Crippen LogP contribution is -2.55. The van der Waals surface area contributed by atoms with Crippen molar-refractivity contribution in [3.8, 4) is 5.75 Å². The molecule has 0 aliphatic heterocycles. The van der Waals surface area contributed by atoms with Crippen molar-refractivity contribution in [2.24, 2.45) is 17.8 Å². The first-order chi connectivity index (χ1) is 14.5. The summed E-state index contributed by atoms with van der Waals surface area (Å²) in [5.74, 6) is 3.92. The minimum absolute atomic E-state index is 0.0981. The SMILES string of the molecule is COc1ccc(C(=O)NNc2ncnc(NC34CC5CC(CC(C5)C3)C4)c2N)cc1. The van der Waals surface area contributed by atoms with Gasteiger partial charge >= 0.3 is 0 Å². The molecule has 1 heterocycles. The predicted octanol–water partition coefficient (Wildman–Crippen LogP) is 3.21. The molecule has 4 fully saturated rings. The van der Waals surface area contributed by atoms with Gasteiger partial charge in [0.15, 0.2) is 11.6 Å². The minimum atomic E-state index is -0.286. The van der Waals surface area contributed by atoms with Crippen molar-refractivity contribution < 1.29 is 9.53 Å². The molecule has 2 aromatic rings. The summed E-state index contributed by atoms with van der Waals surface area (Å²) >= 11 is 0. The Balaban J connectivity index is 1.27. The number of nitrogens with zero attached hydrogens (tertiary/aromatic N) is 2. The zero-order valence-corrected chi connectivity index (χ0v) is 17.1. The molecule has 0 unspecified atom stereocenters. The molecule has 0 saturated heterocycles. The first-order valence-electron chi connectivity index (χ1n) is 10.6. The molecule has 6 rings (SSSR count). The zero-order valence-electron chi connectivity index (χ0n) is 17.1. The van der Waals surface area contributed by atoms with Crippen LogP contribution in [-0.4, -0.2) is 28.5 Å². The molecular weight excluding hydrogens is 380 g/mol. The number of carbonyl (C=O) groups is 1. The van der Waals surface area contributed by atoms with E-state index in [2.05, 4.69) is 26.1 Å². The third-order valence-corrected chi connectivity index (χ3v) is 6.95. The minimum Gasteiger partial charge on any atom is -0.497 e. The molecule has 1 aromatic heterocycles. The molecule has 8 heteroatoms. The summed E-state index contributed by atoms with van der Waals surface area (Å²) in [6.07, 6.45) is 9.19. The molecule has 0 spiro atoms. The van der Waals surface area contributed by atoms with Crippen molar-refractivity contribution >= 4 is 23.2 Å². The number of nitrogens with one attached hydrogen (secondary N) is 3. The van der Waals surface area contributed by atoms with Crippen LogP contribution in [0, 0.1) is 17.8 Å². The van der Waals surface area contributed by atoms with Crippen LogP contribution < -0.4 is 26.6 Å². The van der Waals surface area contributed by atoms with E-state index >= 15 is 0 Å². The molecule has 0 atom stereocenters. The zero-order chi connectivity index (χ0) is 20.7. The monoisotopic (exact) mass is 408 g/mol. The van der Waals surface area contributed by atoms with E-state index in [1.165, 1.54) is 44.9 Å². The summed E-state index contributed by atoms with van der Waals surface area (Å²) in [5.41, 5.74) is 12.9. The van der Waals surface area contributed by atoms with Gasteiger partial charge in [-0.1, -0.05) is 0 Å². The van der Waals surface area contributed by atoms with Crippen LogP contribution in [0.25, 0.3) is 0 Å². The molecular formula is C22H28N6O2. The summed E-state index contributed by atoms with van der Waals surface area (Å²) in [7, 11) is 1.59. The normalized spacial score (nSPS) is 28.8. The number of methoxy groups -OCH3 is 1. The van der Waals surface area contributed by atoms with Crippen LogP contribution in [0.2, 0.25) is 0 Å². The Morgan fingerprint density at radius 3 is 2.23 bits per heavy atom. The molecule has 158 valence electrons. The lowest BCUT2D eigenvalue weighted by Gasteiger charge is -2.57. The van der Waals surface area contributed by atoms with E-state index in [0.29, 0.717) is 28.6 Å². The number of anilines is 3. The van der Waals surface area contributed by atoms with Crippen LogP contribution in [0.4, 0.5) is 17.3 Å². The highest BCUT2D eigenvalue weighted by molar-refractivity contribution is 5.95. The number of hydrogen-bond acceptors (Lipinski definition) is 7.